The van der Waals surface area contributed by atoms with Crippen molar-refractivity contribution in [1.29, 1.82) is 5.26 Å². The molecule has 39 heavy (non-hydrogen) atoms. The summed E-state index contributed by atoms with van der Waals surface area (Å²) in [4.78, 5) is 49.1. The average Bonchev–Trinajstić information content (AvgIpc) is 3.54. The molecule has 200 valence electrons. The van der Waals surface area contributed by atoms with Gasteiger partial charge in [-0.25, -0.2) is 18.7 Å². The standard InChI is InChI=1S/C24H22N8O5S2/c1-2-7-37-29-17(15-12-39-24(26)27-15)20(33)28-18-21(34)32-19(23(35)36)14(11-38-22(18)32)10-31-6-5-30-9-13(8-25)3-4-16(30)31/h3-6,9,12,18,22H,2,7,10-11H2,1H3,(H3-,26,27,28,33,35,36)/p+1/t18-,22+/m1/s1. The first kappa shape index (κ1) is 26.2. The number of thioether (sulfide) groups is 1. The van der Waals surface area contributed by atoms with E-state index in [0.29, 0.717) is 23.3 Å². The molecule has 4 N–H and O–H groups in total. The van der Waals surface area contributed by atoms with Crippen LogP contribution in [-0.4, -0.2) is 66.7 Å². The first-order valence-corrected chi connectivity index (χ1v) is 13.8. The molecule has 2 aliphatic heterocycles. The Morgan fingerprint density at radius 2 is 2.26 bits per heavy atom. The van der Waals surface area contributed by atoms with Crippen molar-refractivity contribution in [3.63, 3.8) is 0 Å². The number of thiazole rings is 1. The van der Waals surface area contributed by atoms with Crippen LogP contribution in [0.1, 0.15) is 24.6 Å². The Bertz CT molecular complexity index is 1590. The van der Waals surface area contributed by atoms with Gasteiger partial charge in [-0.15, -0.1) is 23.1 Å². The molecular formula is C24H23N8O5S2+. The van der Waals surface area contributed by atoms with Gasteiger partial charge in [-0.05, 0) is 12.5 Å². The lowest BCUT2D eigenvalue weighted by molar-refractivity contribution is -0.662. The number of rotatable bonds is 9. The second kappa shape index (κ2) is 10.8. The van der Waals surface area contributed by atoms with Gasteiger partial charge >= 0.3 is 5.97 Å². The Balaban J connectivity index is 1.36. The lowest BCUT2D eigenvalue weighted by Crippen LogP contribution is -2.71. The number of nitriles is 1. The highest BCUT2D eigenvalue weighted by molar-refractivity contribution is 8.00. The summed E-state index contributed by atoms with van der Waals surface area (Å²) >= 11 is 2.50. The summed E-state index contributed by atoms with van der Waals surface area (Å²) in [5, 5.41) is 27.0. The Kier molecular flexibility index (Phi) is 7.22. The summed E-state index contributed by atoms with van der Waals surface area (Å²) in [6.07, 6.45) is 5.92. The number of nitrogens with two attached hydrogens (primary N) is 1. The zero-order valence-corrected chi connectivity index (χ0v) is 22.2. The summed E-state index contributed by atoms with van der Waals surface area (Å²) in [7, 11) is 0. The number of aromatic nitrogens is 3. The van der Waals surface area contributed by atoms with Crippen LogP contribution in [0, 0.1) is 11.3 Å². The van der Waals surface area contributed by atoms with Crippen molar-refractivity contribution in [3.8, 4) is 6.07 Å². The molecule has 3 aromatic rings. The van der Waals surface area contributed by atoms with Crippen LogP contribution in [-0.2, 0) is 25.8 Å². The molecule has 5 heterocycles. The van der Waals surface area contributed by atoms with Gasteiger partial charge in [0.25, 0.3) is 17.5 Å². The summed E-state index contributed by atoms with van der Waals surface area (Å²) in [6, 6.07) is 4.60. The molecule has 15 heteroatoms. The van der Waals surface area contributed by atoms with Gasteiger partial charge in [0.2, 0.25) is 0 Å². The molecule has 0 spiro atoms. The highest BCUT2D eigenvalue weighted by atomic mass is 32.2. The molecule has 1 fully saturated rings. The van der Waals surface area contributed by atoms with Crippen LogP contribution in [0.2, 0.25) is 0 Å². The first-order valence-electron chi connectivity index (χ1n) is 11.8. The maximum Gasteiger partial charge on any atom is 0.352 e. The van der Waals surface area contributed by atoms with E-state index in [0.717, 1.165) is 17.0 Å². The predicted molar refractivity (Wildman–Crippen MR) is 141 cm³/mol. The fourth-order valence-corrected chi connectivity index (χ4v) is 6.21. The Hall–Kier alpha value is -4.42. The minimum Gasteiger partial charge on any atom is -0.477 e. The normalized spacial score (nSPS) is 18.9. The lowest BCUT2D eigenvalue weighted by Gasteiger charge is -2.49. The van der Waals surface area contributed by atoms with Crippen LogP contribution in [0.15, 0.2) is 52.5 Å². The quantitative estimate of drug-likeness (QED) is 0.110. The fraction of sp³-hybridized carbons (Fsp3) is 0.292. The number of fused-ring (bicyclic) bond motifs is 2. The number of hydrogen-bond acceptors (Lipinski definition) is 10. The second-order valence-corrected chi connectivity index (χ2v) is 10.7. The number of carboxylic acid groups (broad SMARTS) is 1. The number of nitrogen functional groups attached to an aromatic ring is 1. The number of carbonyl (C=O) groups is 3. The number of carbonyl (C=O) groups excluding carboxylic acids is 2. The SMILES string of the molecule is CCCON=C(C(=O)N[C@@H]1C(=O)N2C(C(=O)O)=C(C[n+]3ccn4cc(C#N)ccc43)CS[C@@H]12)c1csc(N)n1. The molecule has 0 unspecified atom stereocenters. The number of hydrogen-bond donors (Lipinski definition) is 3. The van der Waals surface area contributed by atoms with Gasteiger partial charge in [0.05, 0.1) is 5.56 Å². The van der Waals surface area contributed by atoms with Gasteiger partial charge in [-0.3, -0.25) is 14.5 Å². The van der Waals surface area contributed by atoms with E-state index in [1.165, 1.54) is 16.7 Å². The van der Waals surface area contributed by atoms with E-state index in [9.17, 15) is 19.5 Å². The maximum atomic E-state index is 13.2. The fourth-order valence-electron chi connectivity index (χ4n) is 4.32. The van der Waals surface area contributed by atoms with Crippen molar-refractivity contribution in [3.05, 3.63) is 58.6 Å². The second-order valence-electron chi connectivity index (χ2n) is 8.68. The zero-order chi connectivity index (χ0) is 27.7. The summed E-state index contributed by atoms with van der Waals surface area (Å²) in [6.45, 7) is 2.42. The van der Waals surface area contributed by atoms with Gasteiger partial charge in [0, 0.05) is 22.8 Å². The highest BCUT2D eigenvalue weighted by Gasteiger charge is 2.54. The molecule has 0 saturated carbocycles. The number of β-lactam (4-membered cyclic amide) rings is 1. The molecule has 13 nitrogen and oxygen atoms in total. The molecule has 0 bridgehead atoms. The average molecular weight is 568 g/mol. The van der Waals surface area contributed by atoms with Crippen molar-refractivity contribution in [1.82, 2.24) is 19.6 Å². The zero-order valence-electron chi connectivity index (χ0n) is 20.6. The topological polar surface area (TPSA) is 179 Å². The number of amides is 2. The van der Waals surface area contributed by atoms with Crippen LogP contribution in [0.3, 0.4) is 0 Å². The van der Waals surface area contributed by atoms with E-state index in [1.54, 1.807) is 40.5 Å². The Morgan fingerprint density at radius 1 is 1.44 bits per heavy atom. The minimum atomic E-state index is -1.22. The third-order valence-electron chi connectivity index (χ3n) is 6.11. The number of nitrogens with zero attached hydrogens (tertiary/aromatic N) is 6. The first-order chi connectivity index (χ1) is 18.8. The van der Waals surface area contributed by atoms with E-state index in [1.807, 2.05) is 11.5 Å². The smallest absolute Gasteiger partial charge is 0.352 e. The predicted octanol–water partition coefficient (Wildman–Crippen LogP) is 0.707. The van der Waals surface area contributed by atoms with Crippen LogP contribution < -0.4 is 15.6 Å². The minimum absolute atomic E-state index is 0.0952. The van der Waals surface area contributed by atoms with E-state index in [-0.39, 0.29) is 35.4 Å². The Morgan fingerprint density at radius 3 is 2.95 bits per heavy atom. The number of anilines is 1. The van der Waals surface area contributed by atoms with Crippen LogP contribution in [0.4, 0.5) is 5.13 Å². The third kappa shape index (κ3) is 4.91. The molecule has 5 rings (SSSR count). The Labute approximate surface area is 230 Å². The molecule has 2 atom stereocenters. The van der Waals surface area contributed by atoms with Crippen LogP contribution in [0.25, 0.3) is 5.65 Å². The number of oxime groups is 1. The van der Waals surface area contributed by atoms with Crippen molar-refractivity contribution in [2.75, 3.05) is 18.1 Å². The molecule has 2 aliphatic rings. The summed E-state index contributed by atoms with van der Waals surface area (Å²) in [5.41, 5.74) is 7.53. The molecule has 2 amide bonds. The van der Waals surface area contributed by atoms with Gasteiger partial charge in [-0.2, -0.15) is 5.26 Å². The molecule has 0 aliphatic carbocycles. The number of nitrogens with one attached hydrogen (secondary N) is 1. The largest absolute Gasteiger partial charge is 0.477 e. The van der Waals surface area contributed by atoms with Crippen molar-refractivity contribution in [2.24, 2.45) is 5.16 Å². The van der Waals surface area contributed by atoms with Crippen molar-refractivity contribution in [2.45, 2.75) is 31.3 Å². The summed E-state index contributed by atoms with van der Waals surface area (Å²) < 4.78 is 3.63. The number of aliphatic carboxylic acids is 1. The lowest BCUT2D eigenvalue weighted by atomic mass is 10.0. The van der Waals surface area contributed by atoms with Crippen molar-refractivity contribution >= 4 is 57.4 Å². The van der Waals surface area contributed by atoms with Gasteiger partial charge in [0.1, 0.15) is 60.6 Å². The summed E-state index contributed by atoms with van der Waals surface area (Å²) in [5.74, 6) is -2.09. The maximum absolute atomic E-state index is 13.2. The molecular weight excluding hydrogens is 544 g/mol. The van der Waals surface area contributed by atoms with Gasteiger partial charge in [0.15, 0.2) is 10.8 Å². The molecule has 0 radical (unpaired) electrons. The molecule has 0 aromatic carbocycles. The van der Waals surface area contributed by atoms with Gasteiger partial charge < -0.3 is 21.0 Å². The van der Waals surface area contributed by atoms with Crippen LogP contribution in [0.5, 0.6) is 0 Å². The number of carboxylic acids is 1. The number of imidazole rings is 1. The molecule has 3 aromatic heterocycles. The van der Waals surface area contributed by atoms with E-state index >= 15 is 0 Å². The van der Waals surface area contributed by atoms with E-state index in [4.69, 9.17) is 15.8 Å². The van der Waals surface area contributed by atoms with Crippen LogP contribution >= 0.6 is 23.1 Å². The molecule has 1 saturated heterocycles. The third-order valence-corrected chi connectivity index (χ3v) is 8.13. The van der Waals surface area contributed by atoms with E-state index in [2.05, 4.69) is 21.5 Å². The monoisotopic (exact) mass is 567 g/mol. The number of pyridine rings is 1. The van der Waals surface area contributed by atoms with Crippen molar-refractivity contribution < 1.29 is 28.9 Å². The van der Waals surface area contributed by atoms with E-state index < -0.39 is 29.2 Å². The van der Waals surface area contributed by atoms with Gasteiger partial charge in [-0.1, -0.05) is 12.1 Å². The highest BCUT2D eigenvalue weighted by Crippen LogP contribution is 2.40.